The predicted molar refractivity (Wildman–Crippen MR) is 52.6 cm³/mol. The molecule has 2 bridgehead atoms. The highest BCUT2D eigenvalue weighted by molar-refractivity contribution is 5.88. The van der Waals surface area contributed by atoms with Crippen LogP contribution in [0, 0.1) is 0 Å². The summed E-state index contributed by atoms with van der Waals surface area (Å²) in [5.74, 6) is 0.173. The molecule has 0 saturated heterocycles. The number of benzene rings is 1. The van der Waals surface area contributed by atoms with Gasteiger partial charge in [0.05, 0.1) is 5.56 Å². The first kappa shape index (κ1) is 7.80. The zero-order valence-electron chi connectivity index (χ0n) is 7.60. The number of carboxylic acids is 1. The SMILES string of the molecule is O=C(O)c1ccc2c(c1)[C@H]1C=C[C@@H]2C1. The van der Waals surface area contributed by atoms with Crippen molar-refractivity contribution in [2.24, 2.45) is 0 Å². The number of hydrogen-bond acceptors (Lipinski definition) is 1. The molecule has 1 aromatic rings. The van der Waals surface area contributed by atoms with E-state index in [1.54, 1.807) is 6.07 Å². The lowest BCUT2D eigenvalue weighted by atomic mass is 9.95. The molecule has 0 aliphatic heterocycles. The summed E-state index contributed by atoms with van der Waals surface area (Å²) in [7, 11) is 0. The second kappa shape index (κ2) is 2.47. The Morgan fingerprint density at radius 3 is 2.64 bits per heavy atom. The van der Waals surface area contributed by atoms with Crippen molar-refractivity contribution in [3.63, 3.8) is 0 Å². The van der Waals surface area contributed by atoms with Gasteiger partial charge in [-0.15, -0.1) is 0 Å². The van der Waals surface area contributed by atoms with Crippen LogP contribution < -0.4 is 0 Å². The van der Waals surface area contributed by atoms with Gasteiger partial charge in [0, 0.05) is 11.8 Å². The van der Waals surface area contributed by atoms with Crippen LogP contribution >= 0.6 is 0 Å². The molecule has 0 amide bonds. The molecule has 0 unspecified atom stereocenters. The van der Waals surface area contributed by atoms with Crippen molar-refractivity contribution < 1.29 is 9.90 Å². The van der Waals surface area contributed by atoms with Crippen LogP contribution in [-0.2, 0) is 0 Å². The van der Waals surface area contributed by atoms with Crippen LogP contribution in [0.25, 0.3) is 0 Å². The molecule has 2 aliphatic carbocycles. The molecular weight excluding hydrogens is 176 g/mol. The van der Waals surface area contributed by atoms with E-state index in [4.69, 9.17) is 5.11 Å². The Bertz CT molecular complexity index is 446. The molecule has 2 nitrogen and oxygen atoms in total. The molecular formula is C12H10O2. The van der Waals surface area contributed by atoms with Crippen LogP contribution in [0.4, 0.5) is 0 Å². The van der Waals surface area contributed by atoms with Crippen LogP contribution in [-0.4, -0.2) is 11.1 Å². The van der Waals surface area contributed by atoms with Crippen LogP contribution in [0.2, 0.25) is 0 Å². The maximum absolute atomic E-state index is 10.8. The van der Waals surface area contributed by atoms with Gasteiger partial charge >= 0.3 is 5.97 Å². The summed E-state index contributed by atoms with van der Waals surface area (Å²) in [4.78, 5) is 10.8. The molecule has 70 valence electrons. The third kappa shape index (κ3) is 0.882. The van der Waals surface area contributed by atoms with Crippen molar-refractivity contribution >= 4 is 5.97 Å². The molecule has 2 aliphatic rings. The summed E-state index contributed by atoms with van der Waals surface area (Å²) < 4.78 is 0. The monoisotopic (exact) mass is 186 g/mol. The van der Waals surface area contributed by atoms with Crippen molar-refractivity contribution in [1.29, 1.82) is 0 Å². The van der Waals surface area contributed by atoms with Crippen molar-refractivity contribution in [2.45, 2.75) is 18.3 Å². The fourth-order valence-corrected chi connectivity index (χ4v) is 2.53. The molecule has 0 radical (unpaired) electrons. The molecule has 0 saturated carbocycles. The van der Waals surface area contributed by atoms with Gasteiger partial charge in [-0.2, -0.15) is 0 Å². The van der Waals surface area contributed by atoms with E-state index in [0.29, 0.717) is 17.4 Å². The van der Waals surface area contributed by atoms with E-state index in [2.05, 4.69) is 12.2 Å². The quantitative estimate of drug-likeness (QED) is 0.684. The first-order valence-electron chi connectivity index (χ1n) is 4.81. The highest BCUT2D eigenvalue weighted by Gasteiger charge is 2.32. The van der Waals surface area contributed by atoms with Gasteiger partial charge in [0.1, 0.15) is 0 Å². The number of carboxylic acid groups (broad SMARTS) is 1. The standard InChI is InChI=1S/C12H10O2/c13-12(14)9-3-4-10-7-1-2-8(5-7)11(10)6-9/h1-4,6-8H,5H2,(H,13,14)/t7-,8+/m1/s1. The van der Waals surface area contributed by atoms with Crippen molar-refractivity contribution in [2.75, 3.05) is 0 Å². The minimum absolute atomic E-state index is 0.407. The van der Waals surface area contributed by atoms with Crippen molar-refractivity contribution in [1.82, 2.24) is 0 Å². The van der Waals surface area contributed by atoms with E-state index in [0.717, 1.165) is 6.42 Å². The fraction of sp³-hybridized carbons (Fsp3) is 0.250. The fourth-order valence-electron chi connectivity index (χ4n) is 2.53. The summed E-state index contributed by atoms with van der Waals surface area (Å²) in [6.07, 6.45) is 5.56. The van der Waals surface area contributed by atoms with Gasteiger partial charge in [-0.05, 0) is 29.7 Å². The average molecular weight is 186 g/mol. The van der Waals surface area contributed by atoms with Gasteiger partial charge in [-0.25, -0.2) is 4.79 Å². The Kier molecular flexibility index (Phi) is 1.38. The largest absolute Gasteiger partial charge is 0.478 e. The molecule has 1 aromatic carbocycles. The molecule has 0 aromatic heterocycles. The zero-order valence-corrected chi connectivity index (χ0v) is 7.60. The number of aromatic carboxylic acids is 1. The molecule has 3 rings (SSSR count). The molecule has 0 fully saturated rings. The predicted octanol–water partition coefficient (Wildman–Crippen LogP) is 2.53. The summed E-state index contributed by atoms with van der Waals surface area (Å²) in [6.45, 7) is 0. The maximum Gasteiger partial charge on any atom is 0.335 e. The minimum Gasteiger partial charge on any atom is -0.478 e. The Morgan fingerprint density at radius 1 is 1.21 bits per heavy atom. The molecule has 14 heavy (non-hydrogen) atoms. The first-order valence-corrected chi connectivity index (χ1v) is 4.81. The summed E-state index contributed by atoms with van der Waals surface area (Å²) in [5, 5.41) is 8.87. The van der Waals surface area contributed by atoms with Gasteiger partial charge in [0.25, 0.3) is 0 Å². The lowest BCUT2D eigenvalue weighted by Crippen LogP contribution is -2.00. The minimum atomic E-state index is -0.834. The van der Waals surface area contributed by atoms with Crippen LogP contribution in [0.3, 0.4) is 0 Å². The molecule has 2 atom stereocenters. The normalized spacial score (nSPS) is 26.6. The number of fused-ring (bicyclic) bond motifs is 5. The highest BCUT2D eigenvalue weighted by atomic mass is 16.4. The van der Waals surface area contributed by atoms with Gasteiger partial charge in [-0.3, -0.25) is 0 Å². The topological polar surface area (TPSA) is 37.3 Å². The van der Waals surface area contributed by atoms with E-state index < -0.39 is 5.97 Å². The van der Waals surface area contributed by atoms with Crippen LogP contribution in [0.5, 0.6) is 0 Å². The molecule has 1 N–H and O–H groups in total. The Morgan fingerprint density at radius 2 is 1.93 bits per heavy atom. The maximum atomic E-state index is 10.8. The van der Waals surface area contributed by atoms with E-state index in [9.17, 15) is 4.79 Å². The number of carbonyl (C=O) groups is 1. The van der Waals surface area contributed by atoms with Gasteiger partial charge in [0.2, 0.25) is 0 Å². The van der Waals surface area contributed by atoms with Crippen LogP contribution in [0.1, 0.15) is 39.7 Å². The summed E-state index contributed by atoms with van der Waals surface area (Å²) in [6, 6.07) is 5.49. The second-order valence-corrected chi connectivity index (χ2v) is 3.98. The van der Waals surface area contributed by atoms with Gasteiger partial charge in [-0.1, -0.05) is 18.2 Å². The zero-order chi connectivity index (χ0) is 9.71. The Labute approximate surface area is 81.9 Å². The molecule has 0 spiro atoms. The summed E-state index contributed by atoms with van der Waals surface area (Å²) >= 11 is 0. The van der Waals surface area contributed by atoms with E-state index in [-0.39, 0.29) is 0 Å². The van der Waals surface area contributed by atoms with Crippen molar-refractivity contribution in [3.05, 3.63) is 47.0 Å². The molecule has 0 heterocycles. The van der Waals surface area contributed by atoms with Crippen LogP contribution in [0.15, 0.2) is 30.4 Å². The number of rotatable bonds is 1. The van der Waals surface area contributed by atoms with Gasteiger partial charge < -0.3 is 5.11 Å². The van der Waals surface area contributed by atoms with Gasteiger partial charge in [0.15, 0.2) is 0 Å². The van der Waals surface area contributed by atoms with E-state index in [1.165, 1.54) is 11.1 Å². The first-order chi connectivity index (χ1) is 6.75. The summed E-state index contributed by atoms with van der Waals surface area (Å²) in [5.41, 5.74) is 2.95. The van der Waals surface area contributed by atoms with Crippen molar-refractivity contribution in [3.8, 4) is 0 Å². The second-order valence-electron chi connectivity index (χ2n) is 3.98. The lowest BCUT2D eigenvalue weighted by Gasteiger charge is -2.10. The highest BCUT2D eigenvalue weighted by Crippen LogP contribution is 2.48. The number of allylic oxidation sites excluding steroid dienone is 2. The van der Waals surface area contributed by atoms with E-state index >= 15 is 0 Å². The van der Waals surface area contributed by atoms with E-state index in [1.807, 2.05) is 12.1 Å². The smallest absolute Gasteiger partial charge is 0.335 e. The third-order valence-corrected chi connectivity index (χ3v) is 3.22. The average Bonchev–Trinajstić information content (AvgIpc) is 2.77. The molecule has 2 heteroatoms. The third-order valence-electron chi connectivity index (χ3n) is 3.22. The lowest BCUT2D eigenvalue weighted by molar-refractivity contribution is 0.0697. The number of hydrogen-bond donors (Lipinski definition) is 1. The Balaban J connectivity index is 2.15. The Hall–Kier alpha value is -1.57.